The van der Waals surface area contributed by atoms with Crippen LogP contribution < -0.4 is 5.73 Å². The van der Waals surface area contributed by atoms with Crippen molar-refractivity contribution in [2.24, 2.45) is 7.05 Å². The molecule has 0 aliphatic heterocycles. The Labute approximate surface area is 128 Å². The van der Waals surface area contributed by atoms with Gasteiger partial charge in [0.05, 0.1) is 11.3 Å². The molecule has 1 fully saturated rings. The van der Waals surface area contributed by atoms with Crippen LogP contribution >= 0.6 is 11.3 Å². The molecule has 3 aromatic rings. The molecule has 2 aromatic heterocycles. The Morgan fingerprint density at radius 1 is 1.14 bits per heavy atom. The van der Waals surface area contributed by atoms with E-state index >= 15 is 0 Å². The molecule has 2 N–H and O–H groups in total. The third-order valence-corrected chi connectivity index (χ3v) is 5.28. The summed E-state index contributed by atoms with van der Waals surface area (Å²) in [7, 11) is 1.93. The van der Waals surface area contributed by atoms with E-state index < -0.39 is 0 Å². The highest BCUT2D eigenvalue weighted by atomic mass is 32.1. The molecule has 1 aliphatic rings. The van der Waals surface area contributed by atoms with E-state index in [2.05, 4.69) is 47.8 Å². The SMILES string of the molecule is Cn1nc(C2(c3ccccc3)CC2)c(-c2cccs2)c1N. The Balaban J connectivity index is 1.93. The minimum atomic E-state index is 0.0516. The minimum absolute atomic E-state index is 0.0516. The van der Waals surface area contributed by atoms with Crippen molar-refractivity contribution in [3.8, 4) is 10.4 Å². The highest BCUT2D eigenvalue weighted by Crippen LogP contribution is 2.56. The van der Waals surface area contributed by atoms with Gasteiger partial charge in [-0.3, -0.25) is 4.68 Å². The first kappa shape index (κ1) is 12.7. The third-order valence-electron chi connectivity index (χ3n) is 4.39. The summed E-state index contributed by atoms with van der Waals surface area (Å²) in [5.41, 5.74) is 9.96. The third kappa shape index (κ3) is 1.83. The molecule has 4 rings (SSSR count). The fourth-order valence-corrected chi connectivity index (χ4v) is 3.86. The Kier molecular flexibility index (Phi) is 2.69. The van der Waals surface area contributed by atoms with Crippen LogP contribution in [0.15, 0.2) is 47.8 Å². The lowest BCUT2D eigenvalue weighted by molar-refractivity contribution is 0.710. The molecule has 0 amide bonds. The van der Waals surface area contributed by atoms with Crippen molar-refractivity contribution in [1.29, 1.82) is 0 Å². The Hall–Kier alpha value is -2.07. The Bertz CT molecular complexity index is 768. The predicted molar refractivity (Wildman–Crippen MR) is 87.4 cm³/mol. The molecule has 106 valence electrons. The van der Waals surface area contributed by atoms with E-state index in [0.717, 1.165) is 29.9 Å². The summed E-state index contributed by atoms with van der Waals surface area (Å²) < 4.78 is 1.81. The first-order chi connectivity index (χ1) is 10.2. The van der Waals surface area contributed by atoms with E-state index in [-0.39, 0.29) is 5.41 Å². The zero-order valence-electron chi connectivity index (χ0n) is 11.9. The number of aromatic nitrogens is 2. The number of aryl methyl sites for hydroxylation is 1. The van der Waals surface area contributed by atoms with Gasteiger partial charge in [0.1, 0.15) is 5.82 Å². The molecule has 1 saturated carbocycles. The average Bonchev–Trinajstić information content (AvgIpc) is 3.04. The number of nitrogens with zero attached hydrogens (tertiary/aromatic N) is 2. The van der Waals surface area contributed by atoms with Gasteiger partial charge in [-0.05, 0) is 29.9 Å². The van der Waals surface area contributed by atoms with E-state index in [0.29, 0.717) is 0 Å². The monoisotopic (exact) mass is 295 g/mol. The van der Waals surface area contributed by atoms with Gasteiger partial charge >= 0.3 is 0 Å². The van der Waals surface area contributed by atoms with Crippen LogP contribution in [0.2, 0.25) is 0 Å². The fourth-order valence-electron chi connectivity index (χ4n) is 3.08. The second-order valence-electron chi connectivity index (χ2n) is 5.66. The van der Waals surface area contributed by atoms with E-state index in [9.17, 15) is 0 Å². The van der Waals surface area contributed by atoms with Crippen molar-refractivity contribution in [2.45, 2.75) is 18.3 Å². The van der Waals surface area contributed by atoms with Crippen LogP contribution in [-0.4, -0.2) is 9.78 Å². The first-order valence-electron chi connectivity index (χ1n) is 7.15. The number of hydrogen-bond acceptors (Lipinski definition) is 3. The first-order valence-corrected chi connectivity index (χ1v) is 8.03. The van der Waals surface area contributed by atoms with E-state index in [1.54, 1.807) is 11.3 Å². The molecule has 0 spiro atoms. The topological polar surface area (TPSA) is 43.8 Å². The van der Waals surface area contributed by atoms with Crippen molar-refractivity contribution < 1.29 is 0 Å². The number of anilines is 1. The maximum atomic E-state index is 6.30. The van der Waals surface area contributed by atoms with Crippen molar-refractivity contribution in [3.63, 3.8) is 0 Å². The lowest BCUT2D eigenvalue weighted by Gasteiger charge is -2.15. The second-order valence-corrected chi connectivity index (χ2v) is 6.61. The van der Waals surface area contributed by atoms with Crippen LogP contribution in [-0.2, 0) is 12.5 Å². The highest BCUT2D eigenvalue weighted by molar-refractivity contribution is 7.13. The Morgan fingerprint density at radius 3 is 2.52 bits per heavy atom. The van der Waals surface area contributed by atoms with Gasteiger partial charge in [0.15, 0.2) is 0 Å². The molecule has 1 aliphatic carbocycles. The van der Waals surface area contributed by atoms with Crippen molar-refractivity contribution in [2.75, 3.05) is 5.73 Å². The standard InChI is InChI=1S/C17H17N3S/c1-20-16(18)14(13-8-5-11-21-13)15(19-20)17(9-10-17)12-6-3-2-4-7-12/h2-8,11H,9-10,18H2,1H3. The summed E-state index contributed by atoms with van der Waals surface area (Å²) in [5, 5.41) is 6.87. The second kappa shape index (κ2) is 4.46. The van der Waals surface area contributed by atoms with Crippen LogP contribution in [0.1, 0.15) is 24.1 Å². The zero-order chi connectivity index (χ0) is 14.4. The molecule has 3 nitrogen and oxygen atoms in total. The quantitative estimate of drug-likeness (QED) is 0.798. The fraction of sp³-hybridized carbons (Fsp3) is 0.235. The molecule has 1 aromatic carbocycles. The molecule has 0 saturated heterocycles. The van der Waals surface area contributed by atoms with Crippen molar-refractivity contribution >= 4 is 17.2 Å². The number of nitrogens with two attached hydrogens (primary N) is 1. The highest BCUT2D eigenvalue weighted by Gasteiger charge is 2.50. The summed E-state index contributed by atoms with van der Waals surface area (Å²) in [4.78, 5) is 1.21. The number of rotatable bonds is 3. The van der Waals surface area contributed by atoms with Crippen LogP contribution in [0.4, 0.5) is 5.82 Å². The lowest BCUT2D eigenvalue weighted by atomic mass is 9.89. The molecule has 2 heterocycles. The van der Waals surface area contributed by atoms with E-state index in [1.165, 1.54) is 10.4 Å². The summed E-state index contributed by atoms with van der Waals surface area (Å²) in [6, 6.07) is 14.9. The van der Waals surface area contributed by atoms with E-state index in [4.69, 9.17) is 10.8 Å². The maximum absolute atomic E-state index is 6.30. The number of hydrogen-bond donors (Lipinski definition) is 1. The van der Waals surface area contributed by atoms with E-state index in [1.807, 2.05) is 11.7 Å². The number of thiophene rings is 1. The van der Waals surface area contributed by atoms with Crippen LogP contribution in [0, 0.1) is 0 Å². The zero-order valence-corrected chi connectivity index (χ0v) is 12.7. The predicted octanol–water partition coefficient (Wildman–Crippen LogP) is 3.81. The summed E-state index contributed by atoms with van der Waals surface area (Å²) in [5.74, 6) is 0.759. The van der Waals surface area contributed by atoms with Crippen LogP contribution in [0.25, 0.3) is 10.4 Å². The molecule has 0 radical (unpaired) electrons. The van der Waals surface area contributed by atoms with Gasteiger partial charge in [-0.1, -0.05) is 36.4 Å². The Morgan fingerprint density at radius 2 is 1.90 bits per heavy atom. The van der Waals surface area contributed by atoms with Gasteiger partial charge in [0.25, 0.3) is 0 Å². The summed E-state index contributed by atoms with van der Waals surface area (Å²) in [6.07, 6.45) is 2.29. The summed E-state index contributed by atoms with van der Waals surface area (Å²) in [6.45, 7) is 0. The van der Waals surface area contributed by atoms with Crippen molar-refractivity contribution in [1.82, 2.24) is 9.78 Å². The molecule has 0 atom stereocenters. The molecular weight excluding hydrogens is 278 g/mol. The van der Waals surface area contributed by atoms with Gasteiger partial charge in [-0.25, -0.2) is 0 Å². The molecular formula is C17H17N3S. The van der Waals surface area contributed by atoms with Gasteiger partial charge < -0.3 is 5.73 Å². The largest absolute Gasteiger partial charge is 0.383 e. The van der Waals surface area contributed by atoms with Crippen molar-refractivity contribution in [3.05, 3.63) is 59.1 Å². The molecule has 4 heteroatoms. The lowest BCUT2D eigenvalue weighted by Crippen LogP contribution is -2.11. The molecule has 0 bridgehead atoms. The van der Waals surface area contributed by atoms with Gasteiger partial charge in [-0.2, -0.15) is 5.10 Å². The average molecular weight is 295 g/mol. The summed E-state index contributed by atoms with van der Waals surface area (Å²) >= 11 is 1.72. The van der Waals surface area contributed by atoms with Gasteiger partial charge in [-0.15, -0.1) is 11.3 Å². The number of benzene rings is 1. The van der Waals surface area contributed by atoms with Crippen LogP contribution in [0.5, 0.6) is 0 Å². The van der Waals surface area contributed by atoms with Gasteiger partial charge in [0.2, 0.25) is 0 Å². The maximum Gasteiger partial charge on any atom is 0.130 e. The number of nitrogen functional groups attached to an aromatic ring is 1. The molecule has 0 unspecified atom stereocenters. The smallest absolute Gasteiger partial charge is 0.130 e. The normalized spacial score (nSPS) is 16.0. The van der Waals surface area contributed by atoms with Gasteiger partial charge in [0, 0.05) is 17.3 Å². The molecule has 21 heavy (non-hydrogen) atoms. The van der Waals surface area contributed by atoms with Crippen LogP contribution in [0.3, 0.4) is 0 Å². The minimum Gasteiger partial charge on any atom is -0.383 e.